The van der Waals surface area contributed by atoms with Crippen molar-refractivity contribution in [2.75, 3.05) is 0 Å². The molecule has 0 aromatic heterocycles. The van der Waals surface area contributed by atoms with Gasteiger partial charge in [-0.1, -0.05) is 58.7 Å². The van der Waals surface area contributed by atoms with Crippen molar-refractivity contribution in [3.63, 3.8) is 0 Å². The standard InChI is InChI=1S/C21H15F3O.3CH4/c1-14(25)21(15-5-2-8-18(22)11-15,16-6-3-9-19(23)12-16)17-7-4-10-20(24)13-17;;;/h2-13H,1H3;3*1H4. The van der Waals surface area contributed by atoms with Crippen molar-refractivity contribution in [1.29, 1.82) is 0 Å². The first kappa shape index (κ1) is 25.1. The Labute approximate surface area is 165 Å². The highest BCUT2D eigenvalue weighted by Gasteiger charge is 2.41. The summed E-state index contributed by atoms with van der Waals surface area (Å²) in [6, 6.07) is 16.6. The average molecular weight is 388 g/mol. The zero-order valence-electron chi connectivity index (χ0n) is 13.5. The van der Waals surface area contributed by atoms with Gasteiger partial charge in [0.25, 0.3) is 0 Å². The molecule has 0 heterocycles. The molecule has 1 nitrogen and oxygen atoms in total. The molecule has 3 aromatic carbocycles. The van der Waals surface area contributed by atoms with Crippen LogP contribution in [0.3, 0.4) is 0 Å². The lowest BCUT2D eigenvalue weighted by Gasteiger charge is -2.33. The van der Waals surface area contributed by atoms with E-state index in [4.69, 9.17) is 0 Å². The summed E-state index contributed by atoms with van der Waals surface area (Å²) in [5.41, 5.74) is -0.560. The molecule has 3 rings (SSSR count). The molecule has 0 aliphatic carbocycles. The van der Waals surface area contributed by atoms with E-state index in [-0.39, 0.29) is 28.1 Å². The Kier molecular flexibility index (Phi) is 8.87. The summed E-state index contributed by atoms with van der Waals surface area (Å²) in [5.74, 6) is -1.96. The molecule has 0 saturated carbocycles. The number of carbonyl (C=O) groups is 1. The van der Waals surface area contributed by atoms with Crippen LogP contribution in [0.1, 0.15) is 45.9 Å². The zero-order valence-corrected chi connectivity index (χ0v) is 13.5. The van der Waals surface area contributed by atoms with E-state index in [0.717, 1.165) is 0 Å². The van der Waals surface area contributed by atoms with Crippen molar-refractivity contribution in [2.24, 2.45) is 0 Å². The Morgan fingerprint density at radius 2 is 0.929 bits per heavy atom. The highest BCUT2D eigenvalue weighted by molar-refractivity contribution is 5.96. The number of Topliss-reactive ketones (excluding diaryl/α,β-unsaturated/α-hetero) is 1. The van der Waals surface area contributed by atoms with Gasteiger partial charge in [0, 0.05) is 0 Å². The maximum Gasteiger partial charge on any atom is 0.149 e. The maximum absolute atomic E-state index is 13.9. The Balaban J connectivity index is 0.00000243. The molecule has 0 atom stereocenters. The van der Waals surface area contributed by atoms with Gasteiger partial charge in [-0.15, -0.1) is 0 Å². The summed E-state index contributed by atoms with van der Waals surface area (Å²) in [7, 11) is 0. The fourth-order valence-electron chi connectivity index (χ4n) is 3.28. The van der Waals surface area contributed by atoms with Crippen LogP contribution in [0.15, 0.2) is 72.8 Å². The fraction of sp³-hybridized carbons (Fsp3) is 0.208. The highest BCUT2D eigenvalue weighted by atomic mass is 19.1. The summed E-state index contributed by atoms with van der Waals surface area (Å²) in [5, 5.41) is 0. The van der Waals surface area contributed by atoms with E-state index in [0.29, 0.717) is 16.7 Å². The first-order chi connectivity index (χ1) is 11.9. The number of halogens is 3. The minimum Gasteiger partial charge on any atom is -0.298 e. The van der Waals surface area contributed by atoms with Crippen molar-refractivity contribution in [2.45, 2.75) is 34.6 Å². The van der Waals surface area contributed by atoms with Crippen LogP contribution in [0.4, 0.5) is 13.2 Å². The van der Waals surface area contributed by atoms with Crippen LogP contribution in [0.5, 0.6) is 0 Å². The summed E-state index contributed by atoms with van der Waals surface area (Å²) >= 11 is 0. The molecule has 4 heteroatoms. The number of benzene rings is 3. The lowest BCUT2D eigenvalue weighted by atomic mass is 9.67. The molecule has 0 spiro atoms. The molecule has 150 valence electrons. The molecule has 0 saturated heterocycles. The first-order valence-electron chi connectivity index (χ1n) is 7.74. The van der Waals surface area contributed by atoms with Gasteiger partial charge < -0.3 is 0 Å². The maximum atomic E-state index is 13.9. The van der Waals surface area contributed by atoms with E-state index in [2.05, 4.69) is 0 Å². The number of carbonyl (C=O) groups excluding carboxylic acids is 1. The Morgan fingerprint density at radius 1 is 0.643 bits per heavy atom. The second kappa shape index (κ2) is 9.88. The fourth-order valence-corrected chi connectivity index (χ4v) is 3.28. The van der Waals surface area contributed by atoms with Gasteiger partial charge in [0.2, 0.25) is 0 Å². The van der Waals surface area contributed by atoms with Crippen molar-refractivity contribution in [3.8, 4) is 0 Å². The molecule has 0 unspecified atom stereocenters. The van der Waals surface area contributed by atoms with Crippen LogP contribution < -0.4 is 0 Å². The Bertz CT molecular complexity index is 823. The Hall–Kier alpha value is -2.88. The van der Waals surface area contributed by atoms with Gasteiger partial charge in [-0.05, 0) is 60.0 Å². The van der Waals surface area contributed by atoms with E-state index in [1.165, 1.54) is 61.5 Å². The Morgan fingerprint density at radius 3 is 1.14 bits per heavy atom. The van der Waals surface area contributed by atoms with Gasteiger partial charge in [-0.3, -0.25) is 4.79 Å². The van der Waals surface area contributed by atoms with Crippen LogP contribution in [-0.4, -0.2) is 5.78 Å². The quantitative estimate of drug-likeness (QED) is 0.443. The smallest absolute Gasteiger partial charge is 0.149 e. The van der Waals surface area contributed by atoms with Gasteiger partial charge >= 0.3 is 0 Å². The largest absolute Gasteiger partial charge is 0.298 e. The van der Waals surface area contributed by atoms with E-state index in [1.807, 2.05) is 0 Å². The van der Waals surface area contributed by atoms with Crippen LogP contribution in [-0.2, 0) is 10.2 Å². The van der Waals surface area contributed by atoms with Gasteiger partial charge in [0.1, 0.15) is 28.6 Å². The predicted octanol–water partition coefficient (Wildman–Crippen LogP) is 6.94. The molecule has 28 heavy (non-hydrogen) atoms. The van der Waals surface area contributed by atoms with Gasteiger partial charge in [-0.2, -0.15) is 0 Å². The second-order valence-corrected chi connectivity index (χ2v) is 5.84. The number of ketones is 1. The van der Waals surface area contributed by atoms with Crippen molar-refractivity contribution < 1.29 is 18.0 Å². The molecular formula is C24H27F3O. The molecule has 0 amide bonds. The van der Waals surface area contributed by atoms with E-state index < -0.39 is 22.9 Å². The van der Waals surface area contributed by atoms with Gasteiger partial charge in [-0.25, -0.2) is 13.2 Å². The van der Waals surface area contributed by atoms with E-state index in [9.17, 15) is 18.0 Å². The molecule has 0 radical (unpaired) electrons. The molecule has 0 aliphatic rings. The van der Waals surface area contributed by atoms with Crippen molar-refractivity contribution in [1.82, 2.24) is 0 Å². The van der Waals surface area contributed by atoms with Crippen LogP contribution in [0, 0.1) is 17.5 Å². The van der Waals surface area contributed by atoms with E-state index in [1.54, 1.807) is 18.2 Å². The zero-order chi connectivity index (χ0) is 18.0. The number of rotatable bonds is 4. The molecular weight excluding hydrogens is 361 g/mol. The van der Waals surface area contributed by atoms with E-state index >= 15 is 0 Å². The minimum absolute atomic E-state index is 0. The number of hydrogen-bond acceptors (Lipinski definition) is 1. The predicted molar refractivity (Wildman–Crippen MR) is 110 cm³/mol. The molecule has 0 bridgehead atoms. The molecule has 0 aliphatic heterocycles. The third-order valence-electron chi connectivity index (χ3n) is 4.30. The van der Waals surface area contributed by atoms with Crippen LogP contribution in [0.25, 0.3) is 0 Å². The topological polar surface area (TPSA) is 17.1 Å². The third-order valence-corrected chi connectivity index (χ3v) is 4.30. The average Bonchev–Trinajstić information content (AvgIpc) is 2.55. The lowest BCUT2D eigenvalue weighted by Crippen LogP contribution is -2.37. The summed E-state index contributed by atoms with van der Waals surface area (Å²) in [4.78, 5) is 12.8. The summed E-state index contributed by atoms with van der Waals surface area (Å²) in [6.45, 7) is 1.33. The summed E-state index contributed by atoms with van der Waals surface area (Å²) < 4.78 is 41.7. The van der Waals surface area contributed by atoms with Crippen LogP contribution >= 0.6 is 0 Å². The third kappa shape index (κ3) is 4.33. The first-order valence-corrected chi connectivity index (χ1v) is 7.74. The normalized spacial score (nSPS) is 10.1. The SMILES string of the molecule is C.C.C.CC(=O)C(c1cccc(F)c1)(c1cccc(F)c1)c1cccc(F)c1. The molecule has 0 fully saturated rings. The molecule has 0 N–H and O–H groups in total. The number of hydrogen-bond donors (Lipinski definition) is 0. The van der Waals surface area contributed by atoms with Gasteiger partial charge in [0.15, 0.2) is 0 Å². The lowest BCUT2D eigenvalue weighted by molar-refractivity contribution is -0.119. The minimum atomic E-state index is -1.51. The van der Waals surface area contributed by atoms with Gasteiger partial charge in [0.05, 0.1) is 0 Å². The monoisotopic (exact) mass is 388 g/mol. The summed E-state index contributed by atoms with van der Waals surface area (Å²) in [6.07, 6.45) is 0. The second-order valence-electron chi connectivity index (χ2n) is 5.84. The molecule has 3 aromatic rings. The van der Waals surface area contributed by atoms with Crippen molar-refractivity contribution in [3.05, 3.63) is 107 Å². The van der Waals surface area contributed by atoms with Crippen molar-refractivity contribution >= 4 is 5.78 Å². The highest BCUT2D eigenvalue weighted by Crippen LogP contribution is 2.40. The van der Waals surface area contributed by atoms with Crippen LogP contribution in [0.2, 0.25) is 0 Å².